The lowest BCUT2D eigenvalue weighted by Gasteiger charge is -2.29. The second kappa shape index (κ2) is 5.27. The zero-order valence-electron chi connectivity index (χ0n) is 9.87. The summed E-state index contributed by atoms with van der Waals surface area (Å²) < 4.78 is 13.1. The summed E-state index contributed by atoms with van der Waals surface area (Å²) in [5.74, 6) is 0.0536. The van der Waals surface area contributed by atoms with E-state index in [9.17, 15) is 9.18 Å². The van der Waals surface area contributed by atoms with Crippen LogP contribution >= 0.6 is 0 Å². The molecule has 0 aromatic heterocycles. The highest BCUT2D eigenvalue weighted by atomic mass is 19.1. The molecule has 1 aromatic rings. The molecule has 4 heteroatoms. The molecular weight excluding hydrogens is 219 g/mol. The van der Waals surface area contributed by atoms with Crippen molar-refractivity contribution in [1.82, 2.24) is 10.6 Å². The van der Waals surface area contributed by atoms with E-state index >= 15 is 0 Å². The third-order valence-electron chi connectivity index (χ3n) is 3.29. The summed E-state index contributed by atoms with van der Waals surface area (Å²) in [6.07, 6.45) is 1.67. The Morgan fingerprint density at radius 1 is 1.53 bits per heavy atom. The molecule has 1 aliphatic rings. The van der Waals surface area contributed by atoms with E-state index in [2.05, 4.69) is 10.6 Å². The number of likely N-dealkylation sites (N-methyl/N-ethyl adjacent to an activating group) is 1. The van der Waals surface area contributed by atoms with Gasteiger partial charge in [-0.05, 0) is 43.0 Å². The summed E-state index contributed by atoms with van der Waals surface area (Å²) in [6.45, 7) is 0.791. The molecule has 1 aliphatic heterocycles. The van der Waals surface area contributed by atoms with Crippen LogP contribution in [-0.4, -0.2) is 25.5 Å². The smallest absolute Gasteiger partial charge is 0.236 e. The molecule has 0 radical (unpaired) electrons. The minimum absolute atomic E-state index is 0.00565. The molecule has 0 spiro atoms. The zero-order valence-corrected chi connectivity index (χ0v) is 9.87. The van der Waals surface area contributed by atoms with Crippen molar-refractivity contribution in [1.29, 1.82) is 0 Å². The second-order valence-electron chi connectivity index (χ2n) is 4.40. The Morgan fingerprint density at radius 3 is 3.06 bits per heavy atom. The number of hydrogen-bond donors (Lipinski definition) is 2. The largest absolute Gasteiger partial charge is 0.358 e. The van der Waals surface area contributed by atoms with Gasteiger partial charge in [0.2, 0.25) is 5.91 Å². The molecule has 17 heavy (non-hydrogen) atoms. The van der Waals surface area contributed by atoms with Crippen LogP contribution < -0.4 is 10.6 Å². The van der Waals surface area contributed by atoms with E-state index in [1.165, 1.54) is 6.07 Å². The van der Waals surface area contributed by atoms with Crippen LogP contribution in [0.3, 0.4) is 0 Å². The molecule has 3 nitrogen and oxygen atoms in total. The van der Waals surface area contributed by atoms with Gasteiger partial charge in [-0.15, -0.1) is 0 Å². The average Bonchev–Trinajstić information content (AvgIpc) is 2.38. The lowest BCUT2D eigenvalue weighted by atomic mass is 9.86. The molecule has 1 saturated heterocycles. The van der Waals surface area contributed by atoms with Gasteiger partial charge in [0.1, 0.15) is 5.82 Å². The molecular formula is C13H17FN2O. The van der Waals surface area contributed by atoms with Crippen LogP contribution in [0.5, 0.6) is 0 Å². The fourth-order valence-corrected chi connectivity index (χ4v) is 2.35. The van der Waals surface area contributed by atoms with Gasteiger partial charge < -0.3 is 10.6 Å². The molecule has 1 amide bonds. The number of amides is 1. The van der Waals surface area contributed by atoms with Crippen molar-refractivity contribution in [2.45, 2.75) is 24.8 Å². The van der Waals surface area contributed by atoms with Gasteiger partial charge in [0.15, 0.2) is 0 Å². The molecule has 2 rings (SSSR count). The number of hydrogen-bond acceptors (Lipinski definition) is 2. The van der Waals surface area contributed by atoms with E-state index in [1.807, 2.05) is 6.07 Å². The third-order valence-corrected chi connectivity index (χ3v) is 3.29. The highest BCUT2D eigenvalue weighted by Crippen LogP contribution is 2.28. The van der Waals surface area contributed by atoms with E-state index in [0.717, 1.165) is 24.9 Å². The first-order chi connectivity index (χ1) is 8.20. The van der Waals surface area contributed by atoms with Crippen LogP contribution in [0.15, 0.2) is 24.3 Å². The Balaban J connectivity index is 2.09. The van der Waals surface area contributed by atoms with Crippen LogP contribution in [0.25, 0.3) is 0 Å². The van der Waals surface area contributed by atoms with Gasteiger partial charge in [0.05, 0.1) is 6.04 Å². The first-order valence-electron chi connectivity index (χ1n) is 5.91. The number of nitrogens with one attached hydrogen (secondary N) is 2. The number of halogens is 1. The maximum atomic E-state index is 13.1. The van der Waals surface area contributed by atoms with Crippen molar-refractivity contribution in [3.63, 3.8) is 0 Å². The van der Waals surface area contributed by atoms with E-state index in [-0.39, 0.29) is 23.7 Å². The summed E-state index contributed by atoms with van der Waals surface area (Å²) >= 11 is 0. The van der Waals surface area contributed by atoms with Crippen molar-refractivity contribution in [2.75, 3.05) is 13.6 Å². The van der Waals surface area contributed by atoms with E-state index < -0.39 is 0 Å². The molecule has 0 saturated carbocycles. The average molecular weight is 236 g/mol. The molecule has 1 aromatic carbocycles. The maximum absolute atomic E-state index is 13.1. The normalized spacial score (nSPS) is 24.4. The summed E-state index contributed by atoms with van der Waals surface area (Å²) in [5, 5.41) is 5.82. The summed E-state index contributed by atoms with van der Waals surface area (Å²) in [7, 11) is 1.63. The highest BCUT2D eigenvalue weighted by molar-refractivity contribution is 5.81. The fraction of sp³-hybridized carbons (Fsp3) is 0.462. The maximum Gasteiger partial charge on any atom is 0.236 e. The van der Waals surface area contributed by atoms with Gasteiger partial charge in [-0.1, -0.05) is 12.1 Å². The van der Waals surface area contributed by atoms with Crippen molar-refractivity contribution < 1.29 is 9.18 Å². The predicted octanol–water partition coefficient (Wildman–Crippen LogP) is 1.41. The van der Waals surface area contributed by atoms with Crippen LogP contribution in [0.1, 0.15) is 24.3 Å². The molecule has 0 bridgehead atoms. The number of rotatable bonds is 2. The minimum Gasteiger partial charge on any atom is -0.358 e. The predicted molar refractivity (Wildman–Crippen MR) is 64.2 cm³/mol. The van der Waals surface area contributed by atoms with Gasteiger partial charge in [-0.25, -0.2) is 4.39 Å². The summed E-state index contributed by atoms with van der Waals surface area (Å²) in [5.41, 5.74) is 0.986. The van der Waals surface area contributed by atoms with Crippen molar-refractivity contribution in [2.24, 2.45) is 0 Å². The van der Waals surface area contributed by atoms with Gasteiger partial charge in [-0.3, -0.25) is 4.79 Å². The Morgan fingerprint density at radius 2 is 2.35 bits per heavy atom. The monoisotopic (exact) mass is 236 g/mol. The van der Waals surface area contributed by atoms with Crippen LogP contribution in [-0.2, 0) is 4.79 Å². The molecule has 1 fully saturated rings. The highest BCUT2D eigenvalue weighted by Gasteiger charge is 2.27. The van der Waals surface area contributed by atoms with Crippen molar-refractivity contribution in [3.8, 4) is 0 Å². The van der Waals surface area contributed by atoms with Gasteiger partial charge >= 0.3 is 0 Å². The Hall–Kier alpha value is -1.42. The number of carbonyl (C=O) groups is 1. The first kappa shape index (κ1) is 12.0. The first-order valence-corrected chi connectivity index (χ1v) is 5.91. The van der Waals surface area contributed by atoms with E-state index in [4.69, 9.17) is 0 Å². The van der Waals surface area contributed by atoms with Crippen LogP contribution in [0, 0.1) is 5.82 Å². The Bertz CT molecular complexity index is 408. The van der Waals surface area contributed by atoms with Gasteiger partial charge in [0, 0.05) is 7.05 Å². The quantitative estimate of drug-likeness (QED) is 0.815. The lowest BCUT2D eigenvalue weighted by Crippen LogP contribution is -2.47. The fourth-order valence-electron chi connectivity index (χ4n) is 2.35. The van der Waals surface area contributed by atoms with Crippen LogP contribution in [0.4, 0.5) is 4.39 Å². The van der Waals surface area contributed by atoms with Crippen molar-refractivity contribution in [3.05, 3.63) is 35.6 Å². The standard InChI is InChI=1S/C13H17FN2O/c1-15-13(17)12-8-10(5-6-16-12)9-3-2-4-11(14)7-9/h2-4,7,10,12,16H,5-6,8H2,1H3,(H,15,17). The molecule has 2 N–H and O–H groups in total. The molecule has 92 valence electrons. The van der Waals surface area contributed by atoms with E-state index in [0.29, 0.717) is 0 Å². The van der Waals surface area contributed by atoms with Crippen molar-refractivity contribution >= 4 is 5.91 Å². The Kier molecular flexibility index (Phi) is 3.74. The number of benzene rings is 1. The Labute approximate surface area is 100 Å². The molecule has 1 heterocycles. The zero-order chi connectivity index (χ0) is 12.3. The minimum atomic E-state index is -0.211. The summed E-state index contributed by atoms with van der Waals surface area (Å²) in [6, 6.07) is 6.50. The van der Waals surface area contributed by atoms with Gasteiger partial charge in [-0.2, -0.15) is 0 Å². The lowest BCUT2D eigenvalue weighted by molar-refractivity contribution is -0.123. The molecule has 0 aliphatic carbocycles. The second-order valence-corrected chi connectivity index (χ2v) is 4.40. The molecule has 2 unspecified atom stereocenters. The summed E-state index contributed by atoms with van der Waals surface area (Å²) in [4.78, 5) is 11.6. The van der Waals surface area contributed by atoms with E-state index in [1.54, 1.807) is 19.2 Å². The third kappa shape index (κ3) is 2.82. The van der Waals surface area contributed by atoms with Crippen LogP contribution in [0.2, 0.25) is 0 Å². The SMILES string of the molecule is CNC(=O)C1CC(c2cccc(F)c2)CCN1. The topological polar surface area (TPSA) is 41.1 Å². The number of piperidine rings is 1. The molecule has 2 atom stereocenters. The number of carbonyl (C=O) groups excluding carboxylic acids is 1. The van der Waals surface area contributed by atoms with Gasteiger partial charge in [0.25, 0.3) is 0 Å².